The van der Waals surface area contributed by atoms with E-state index in [0.29, 0.717) is 5.56 Å². The fraction of sp³-hybridized carbons (Fsp3) is 0.381. The summed E-state index contributed by atoms with van der Waals surface area (Å²) in [7, 11) is 1.87. The molecule has 1 aliphatic rings. The lowest BCUT2D eigenvalue weighted by molar-refractivity contribution is 0.0683. The maximum Gasteiger partial charge on any atom is 0.257 e. The van der Waals surface area contributed by atoms with Gasteiger partial charge in [0.05, 0.1) is 22.5 Å². The molecule has 0 unspecified atom stereocenters. The lowest BCUT2D eigenvalue weighted by atomic mass is 9.70. The molecular weight excluding hydrogens is 356 g/mol. The topological polar surface area (TPSA) is 51.0 Å². The Morgan fingerprint density at radius 2 is 1.85 bits per heavy atom. The average Bonchev–Trinajstić information content (AvgIpc) is 3.28. The largest absolute Gasteiger partial charge is 0.338 e. The van der Waals surface area contributed by atoms with Crippen LogP contribution in [0.5, 0.6) is 0 Å². The molecule has 0 radical (unpaired) electrons. The van der Waals surface area contributed by atoms with Crippen molar-refractivity contribution in [2.45, 2.75) is 32.1 Å². The van der Waals surface area contributed by atoms with E-state index in [9.17, 15) is 4.79 Å². The minimum absolute atomic E-state index is 0.0803. The van der Waals surface area contributed by atoms with Gasteiger partial charge >= 0.3 is 0 Å². The molecule has 5 nitrogen and oxygen atoms in total. The second-order valence-corrected chi connectivity index (χ2v) is 8.32. The number of nitrogens with zero attached hydrogens (tertiary/aromatic N) is 4. The molecule has 1 saturated heterocycles. The van der Waals surface area contributed by atoms with Gasteiger partial charge in [-0.25, -0.2) is 4.98 Å². The third-order valence-corrected chi connectivity index (χ3v) is 6.58. The molecule has 140 valence electrons. The molecule has 2 aromatic heterocycles. The Bertz CT molecular complexity index is 952. The Labute approximate surface area is 163 Å². The molecule has 1 aromatic carbocycles. The van der Waals surface area contributed by atoms with Gasteiger partial charge in [0, 0.05) is 36.6 Å². The third-order valence-electron chi connectivity index (χ3n) is 5.81. The molecule has 1 fully saturated rings. The molecule has 0 N–H and O–H groups in total. The van der Waals surface area contributed by atoms with Crippen molar-refractivity contribution in [1.29, 1.82) is 0 Å². The zero-order chi connectivity index (χ0) is 19.0. The number of piperidine rings is 1. The molecule has 4 rings (SSSR count). The number of amides is 1. The van der Waals surface area contributed by atoms with Crippen molar-refractivity contribution in [1.82, 2.24) is 19.7 Å². The molecule has 3 aromatic rings. The number of hydrogen-bond donors (Lipinski definition) is 0. The van der Waals surface area contributed by atoms with Gasteiger partial charge in [-0.2, -0.15) is 5.10 Å². The van der Waals surface area contributed by atoms with Crippen LogP contribution in [0.1, 0.15) is 45.2 Å². The Morgan fingerprint density at radius 3 is 2.41 bits per heavy atom. The van der Waals surface area contributed by atoms with Crippen LogP contribution < -0.4 is 0 Å². The first-order valence-electron chi connectivity index (χ1n) is 9.27. The van der Waals surface area contributed by atoms with E-state index < -0.39 is 0 Å². The summed E-state index contributed by atoms with van der Waals surface area (Å²) in [6, 6.07) is 10.6. The van der Waals surface area contributed by atoms with Gasteiger partial charge in [-0.1, -0.05) is 30.3 Å². The maximum absolute atomic E-state index is 13.0. The van der Waals surface area contributed by atoms with E-state index in [1.54, 1.807) is 22.2 Å². The minimum atomic E-state index is -0.118. The molecule has 0 aliphatic carbocycles. The molecule has 6 heteroatoms. The van der Waals surface area contributed by atoms with Crippen LogP contribution in [-0.4, -0.2) is 38.7 Å². The molecule has 0 spiro atoms. The first kappa shape index (κ1) is 17.9. The monoisotopic (exact) mass is 380 g/mol. The molecule has 1 aliphatic heterocycles. The standard InChI is InChI=1S/C21H24N4OS/c1-15-18(13-22-24(15)3)20(26)25-11-9-21(10-12-25,17-7-5-4-6-8-17)19-14-27-16(2)23-19/h4-8,13-14H,9-12H2,1-3H3. The minimum Gasteiger partial charge on any atom is -0.338 e. The van der Waals surface area contributed by atoms with E-state index >= 15 is 0 Å². The second kappa shape index (κ2) is 6.93. The van der Waals surface area contributed by atoms with Crippen LogP contribution in [0.4, 0.5) is 0 Å². The lowest BCUT2D eigenvalue weighted by Crippen LogP contribution is -2.46. The molecule has 0 saturated carbocycles. The number of hydrogen-bond acceptors (Lipinski definition) is 4. The van der Waals surface area contributed by atoms with Crippen molar-refractivity contribution in [3.63, 3.8) is 0 Å². The van der Waals surface area contributed by atoms with Gasteiger partial charge in [0.15, 0.2) is 0 Å². The fourth-order valence-corrected chi connectivity index (χ4v) is 4.72. The van der Waals surface area contributed by atoms with Crippen molar-refractivity contribution in [3.05, 3.63) is 69.4 Å². The third kappa shape index (κ3) is 3.08. The van der Waals surface area contributed by atoms with E-state index in [4.69, 9.17) is 4.98 Å². The van der Waals surface area contributed by atoms with Crippen molar-refractivity contribution in [2.24, 2.45) is 7.05 Å². The van der Waals surface area contributed by atoms with Crippen molar-refractivity contribution in [3.8, 4) is 0 Å². The molecule has 1 amide bonds. The summed E-state index contributed by atoms with van der Waals surface area (Å²) in [5, 5.41) is 7.49. The van der Waals surface area contributed by atoms with Crippen molar-refractivity contribution < 1.29 is 4.79 Å². The van der Waals surface area contributed by atoms with E-state index in [1.807, 2.05) is 24.9 Å². The van der Waals surface area contributed by atoms with Gasteiger partial charge in [-0.05, 0) is 32.3 Å². The van der Waals surface area contributed by atoms with E-state index in [0.717, 1.165) is 42.3 Å². The summed E-state index contributed by atoms with van der Waals surface area (Å²) in [6.07, 6.45) is 3.44. The summed E-state index contributed by atoms with van der Waals surface area (Å²) in [6.45, 7) is 5.43. The second-order valence-electron chi connectivity index (χ2n) is 7.26. The van der Waals surface area contributed by atoms with E-state index in [1.165, 1.54) is 5.56 Å². The Balaban J connectivity index is 1.62. The predicted octanol–water partition coefficient (Wildman–Crippen LogP) is 3.72. The number of likely N-dealkylation sites (tertiary alicyclic amines) is 1. The number of thiazole rings is 1. The lowest BCUT2D eigenvalue weighted by Gasteiger charge is -2.41. The van der Waals surface area contributed by atoms with Gasteiger partial charge < -0.3 is 4.90 Å². The van der Waals surface area contributed by atoms with Crippen LogP contribution in [0.15, 0.2) is 41.9 Å². The number of carbonyl (C=O) groups is 1. The first-order chi connectivity index (χ1) is 13.0. The van der Waals surface area contributed by atoms with Crippen LogP contribution in [0.25, 0.3) is 0 Å². The van der Waals surface area contributed by atoms with Gasteiger partial charge in [0.25, 0.3) is 5.91 Å². The molecular formula is C21H24N4OS. The number of benzene rings is 1. The maximum atomic E-state index is 13.0. The highest BCUT2D eigenvalue weighted by Crippen LogP contribution is 2.42. The van der Waals surface area contributed by atoms with Gasteiger partial charge in [0.1, 0.15) is 0 Å². The van der Waals surface area contributed by atoms with Crippen molar-refractivity contribution >= 4 is 17.2 Å². The average molecular weight is 381 g/mol. The number of aryl methyl sites for hydroxylation is 2. The van der Waals surface area contributed by atoms with Gasteiger partial charge in [-0.15, -0.1) is 11.3 Å². The highest BCUT2D eigenvalue weighted by atomic mass is 32.1. The summed E-state index contributed by atoms with van der Waals surface area (Å²) >= 11 is 1.70. The van der Waals surface area contributed by atoms with Crippen LogP contribution >= 0.6 is 11.3 Å². The fourth-order valence-electron chi connectivity index (χ4n) is 4.00. The van der Waals surface area contributed by atoms with E-state index in [2.05, 4.69) is 41.7 Å². The Kier molecular flexibility index (Phi) is 4.60. The Morgan fingerprint density at radius 1 is 1.15 bits per heavy atom. The molecule has 0 atom stereocenters. The quantitative estimate of drug-likeness (QED) is 0.696. The number of rotatable bonds is 3. The predicted molar refractivity (Wildman–Crippen MR) is 107 cm³/mol. The van der Waals surface area contributed by atoms with Crippen molar-refractivity contribution in [2.75, 3.05) is 13.1 Å². The molecule has 27 heavy (non-hydrogen) atoms. The van der Waals surface area contributed by atoms with Gasteiger partial charge in [-0.3, -0.25) is 9.48 Å². The van der Waals surface area contributed by atoms with Crippen LogP contribution in [0.2, 0.25) is 0 Å². The van der Waals surface area contributed by atoms with Crippen LogP contribution in [0.3, 0.4) is 0 Å². The van der Waals surface area contributed by atoms with Crippen LogP contribution in [0, 0.1) is 13.8 Å². The smallest absolute Gasteiger partial charge is 0.257 e. The zero-order valence-corrected chi connectivity index (χ0v) is 16.8. The summed E-state index contributed by atoms with van der Waals surface area (Å²) in [4.78, 5) is 19.8. The summed E-state index contributed by atoms with van der Waals surface area (Å²) in [5.41, 5.74) is 3.93. The number of carbonyl (C=O) groups excluding carboxylic acids is 1. The summed E-state index contributed by atoms with van der Waals surface area (Å²) < 4.78 is 1.75. The number of aromatic nitrogens is 3. The van der Waals surface area contributed by atoms with Gasteiger partial charge in [0.2, 0.25) is 0 Å². The molecule has 3 heterocycles. The SMILES string of the molecule is Cc1nc(C2(c3ccccc3)CCN(C(=O)c3cnn(C)c3C)CC2)cs1. The zero-order valence-electron chi connectivity index (χ0n) is 16.0. The highest BCUT2D eigenvalue weighted by Gasteiger charge is 2.41. The summed E-state index contributed by atoms with van der Waals surface area (Å²) in [5.74, 6) is 0.0803. The van der Waals surface area contributed by atoms with Crippen LogP contribution in [-0.2, 0) is 12.5 Å². The molecule has 0 bridgehead atoms. The first-order valence-corrected chi connectivity index (χ1v) is 10.2. The van der Waals surface area contributed by atoms with E-state index in [-0.39, 0.29) is 11.3 Å². The highest BCUT2D eigenvalue weighted by molar-refractivity contribution is 7.09. The normalized spacial score (nSPS) is 16.5. The Hall–Kier alpha value is -2.47.